The van der Waals surface area contributed by atoms with Gasteiger partial charge in [-0.25, -0.2) is 0 Å². The number of carbonyl (C=O) groups excluding carboxylic acids is 3. The van der Waals surface area contributed by atoms with Crippen LogP contribution >= 0.6 is 0 Å². The van der Waals surface area contributed by atoms with Gasteiger partial charge >= 0.3 is 5.97 Å². The second-order valence-electron chi connectivity index (χ2n) is 6.38. The zero-order valence-electron chi connectivity index (χ0n) is 15.7. The maximum absolute atomic E-state index is 12.2. The number of hydrogen-bond acceptors (Lipinski definition) is 4. The summed E-state index contributed by atoms with van der Waals surface area (Å²) in [6.07, 6.45) is -0.791. The van der Waals surface area contributed by atoms with Crippen LogP contribution in [0.3, 0.4) is 0 Å². The normalized spacial score (nSPS) is 11.4. The fourth-order valence-electron chi connectivity index (χ4n) is 2.50. The molecule has 6 nitrogen and oxygen atoms in total. The molecule has 142 valence electrons. The van der Waals surface area contributed by atoms with Crippen LogP contribution in [0.5, 0.6) is 0 Å². The number of carbonyl (C=O) groups is 3. The molecule has 0 unspecified atom stereocenters. The molecule has 0 aromatic heterocycles. The van der Waals surface area contributed by atoms with Crippen LogP contribution in [0.15, 0.2) is 48.5 Å². The standard InChI is InChI=1S/C21H24N2O4/c1-14-9-10-18(15(2)11-14)23-21(26)16(3)27-20(25)13-22-19(24)12-17-7-5-4-6-8-17/h4-11,16H,12-13H2,1-3H3,(H,22,24)(H,23,26)/t16-/m1/s1. The molecular weight excluding hydrogens is 344 g/mol. The third-order valence-electron chi connectivity index (χ3n) is 3.95. The maximum atomic E-state index is 12.2. The van der Waals surface area contributed by atoms with Gasteiger partial charge in [0.05, 0.1) is 6.42 Å². The van der Waals surface area contributed by atoms with E-state index in [0.29, 0.717) is 5.69 Å². The van der Waals surface area contributed by atoms with Gasteiger partial charge in [-0.15, -0.1) is 0 Å². The Labute approximate surface area is 158 Å². The first-order valence-electron chi connectivity index (χ1n) is 8.73. The number of anilines is 1. The molecule has 2 N–H and O–H groups in total. The highest BCUT2D eigenvalue weighted by Gasteiger charge is 2.19. The van der Waals surface area contributed by atoms with Crippen molar-refractivity contribution in [2.75, 3.05) is 11.9 Å². The van der Waals surface area contributed by atoms with Crippen LogP contribution in [0, 0.1) is 13.8 Å². The highest BCUT2D eigenvalue weighted by atomic mass is 16.5. The summed E-state index contributed by atoms with van der Waals surface area (Å²) in [5, 5.41) is 5.23. The average molecular weight is 368 g/mol. The van der Waals surface area contributed by atoms with E-state index >= 15 is 0 Å². The van der Waals surface area contributed by atoms with Gasteiger partial charge in [0, 0.05) is 5.69 Å². The third kappa shape index (κ3) is 6.58. The van der Waals surface area contributed by atoms with E-state index in [9.17, 15) is 14.4 Å². The molecule has 1 atom stereocenters. The minimum atomic E-state index is -0.968. The average Bonchev–Trinajstić information content (AvgIpc) is 2.63. The van der Waals surface area contributed by atoms with Gasteiger partial charge in [0.2, 0.25) is 5.91 Å². The Morgan fingerprint density at radius 2 is 1.74 bits per heavy atom. The lowest BCUT2D eigenvalue weighted by Crippen LogP contribution is -2.36. The smallest absolute Gasteiger partial charge is 0.326 e. The number of rotatable bonds is 7. The SMILES string of the molecule is Cc1ccc(NC(=O)[C@@H](C)OC(=O)CNC(=O)Cc2ccccc2)c(C)c1. The van der Waals surface area contributed by atoms with Gasteiger partial charge in [-0.05, 0) is 38.0 Å². The number of esters is 1. The summed E-state index contributed by atoms with van der Waals surface area (Å²) in [5.41, 5.74) is 3.54. The quantitative estimate of drug-likeness (QED) is 0.736. The molecule has 0 radical (unpaired) electrons. The zero-order chi connectivity index (χ0) is 19.8. The van der Waals surface area contributed by atoms with Gasteiger partial charge in [-0.2, -0.15) is 0 Å². The Balaban J connectivity index is 1.77. The van der Waals surface area contributed by atoms with Crippen molar-refractivity contribution in [1.82, 2.24) is 5.32 Å². The minimum Gasteiger partial charge on any atom is -0.451 e. The predicted molar refractivity (Wildman–Crippen MR) is 103 cm³/mol. The first kappa shape index (κ1) is 20.2. The number of amides is 2. The van der Waals surface area contributed by atoms with Crippen molar-refractivity contribution >= 4 is 23.5 Å². The summed E-state index contributed by atoms with van der Waals surface area (Å²) in [7, 11) is 0. The molecule has 0 aliphatic carbocycles. The molecule has 27 heavy (non-hydrogen) atoms. The van der Waals surface area contributed by atoms with Crippen LogP contribution in [0.1, 0.15) is 23.6 Å². The van der Waals surface area contributed by atoms with E-state index in [4.69, 9.17) is 4.74 Å². The number of nitrogens with one attached hydrogen (secondary N) is 2. The third-order valence-corrected chi connectivity index (χ3v) is 3.95. The van der Waals surface area contributed by atoms with Crippen molar-refractivity contribution in [3.63, 3.8) is 0 Å². The second kappa shape index (κ2) is 9.52. The molecule has 2 aromatic rings. The van der Waals surface area contributed by atoms with Crippen molar-refractivity contribution in [1.29, 1.82) is 0 Å². The fraction of sp³-hybridized carbons (Fsp3) is 0.286. The van der Waals surface area contributed by atoms with Gasteiger partial charge < -0.3 is 15.4 Å². The highest BCUT2D eigenvalue weighted by Crippen LogP contribution is 2.16. The van der Waals surface area contributed by atoms with Crippen LogP contribution in [0.25, 0.3) is 0 Å². The summed E-state index contributed by atoms with van der Waals surface area (Å²) in [6.45, 7) is 5.06. The molecule has 2 amide bonds. The molecule has 0 fully saturated rings. The Bertz CT molecular complexity index is 818. The van der Waals surface area contributed by atoms with Crippen molar-refractivity contribution < 1.29 is 19.1 Å². The van der Waals surface area contributed by atoms with E-state index in [1.165, 1.54) is 6.92 Å². The zero-order valence-corrected chi connectivity index (χ0v) is 15.7. The highest BCUT2D eigenvalue weighted by molar-refractivity contribution is 5.96. The number of hydrogen-bond donors (Lipinski definition) is 2. The largest absolute Gasteiger partial charge is 0.451 e. The van der Waals surface area contributed by atoms with Gasteiger partial charge in [-0.1, -0.05) is 48.0 Å². The van der Waals surface area contributed by atoms with Gasteiger partial charge in [0.25, 0.3) is 5.91 Å². The molecule has 0 heterocycles. The lowest BCUT2D eigenvalue weighted by Gasteiger charge is -2.15. The predicted octanol–water partition coefficient (Wildman–Crippen LogP) is 2.53. The summed E-state index contributed by atoms with van der Waals surface area (Å²) >= 11 is 0. The molecule has 2 aromatic carbocycles. The molecule has 0 aliphatic rings. The molecule has 0 spiro atoms. The molecule has 6 heteroatoms. The summed E-state index contributed by atoms with van der Waals surface area (Å²) in [5.74, 6) is -1.38. The Hall–Kier alpha value is -3.15. The van der Waals surface area contributed by atoms with E-state index < -0.39 is 18.0 Å². The lowest BCUT2D eigenvalue weighted by atomic mass is 10.1. The number of benzene rings is 2. The van der Waals surface area contributed by atoms with E-state index in [1.54, 1.807) is 6.07 Å². The summed E-state index contributed by atoms with van der Waals surface area (Å²) in [4.78, 5) is 35.9. The first-order valence-corrected chi connectivity index (χ1v) is 8.73. The van der Waals surface area contributed by atoms with Crippen LogP contribution in [0.4, 0.5) is 5.69 Å². The van der Waals surface area contributed by atoms with Crippen molar-refractivity contribution in [3.05, 3.63) is 65.2 Å². The van der Waals surface area contributed by atoms with Crippen LogP contribution in [-0.2, 0) is 25.5 Å². The fourth-order valence-corrected chi connectivity index (χ4v) is 2.50. The number of ether oxygens (including phenoxy) is 1. The van der Waals surface area contributed by atoms with Gasteiger partial charge in [0.15, 0.2) is 6.10 Å². The minimum absolute atomic E-state index is 0.177. The van der Waals surface area contributed by atoms with E-state index in [2.05, 4.69) is 10.6 Å². The summed E-state index contributed by atoms with van der Waals surface area (Å²) in [6, 6.07) is 14.9. The Kier molecular flexibility index (Phi) is 7.11. The Morgan fingerprint density at radius 1 is 1.04 bits per heavy atom. The van der Waals surface area contributed by atoms with E-state index in [1.807, 2.05) is 56.3 Å². The van der Waals surface area contributed by atoms with E-state index in [0.717, 1.165) is 16.7 Å². The monoisotopic (exact) mass is 368 g/mol. The van der Waals surface area contributed by atoms with Crippen molar-refractivity contribution in [2.45, 2.75) is 33.3 Å². The van der Waals surface area contributed by atoms with Crippen LogP contribution in [-0.4, -0.2) is 30.4 Å². The van der Waals surface area contributed by atoms with Crippen molar-refractivity contribution in [2.24, 2.45) is 0 Å². The second-order valence-corrected chi connectivity index (χ2v) is 6.38. The molecule has 0 saturated carbocycles. The Morgan fingerprint density at radius 3 is 2.41 bits per heavy atom. The van der Waals surface area contributed by atoms with Gasteiger partial charge in [-0.3, -0.25) is 14.4 Å². The van der Waals surface area contributed by atoms with Crippen molar-refractivity contribution in [3.8, 4) is 0 Å². The van der Waals surface area contributed by atoms with Gasteiger partial charge in [0.1, 0.15) is 6.54 Å². The van der Waals surface area contributed by atoms with E-state index in [-0.39, 0.29) is 18.9 Å². The van der Waals surface area contributed by atoms with Crippen LogP contribution < -0.4 is 10.6 Å². The molecular formula is C21H24N2O4. The lowest BCUT2D eigenvalue weighted by molar-refractivity contribution is -0.152. The molecule has 0 bridgehead atoms. The first-order chi connectivity index (χ1) is 12.8. The molecule has 2 rings (SSSR count). The molecule has 0 aliphatic heterocycles. The topological polar surface area (TPSA) is 84.5 Å². The molecule has 0 saturated heterocycles. The number of aryl methyl sites for hydroxylation is 2. The maximum Gasteiger partial charge on any atom is 0.326 e. The summed E-state index contributed by atoms with van der Waals surface area (Å²) < 4.78 is 5.08. The van der Waals surface area contributed by atoms with Crippen LogP contribution in [0.2, 0.25) is 0 Å².